The third-order valence-electron chi connectivity index (χ3n) is 3.49. The van der Waals surface area contributed by atoms with E-state index in [1.54, 1.807) is 10.6 Å². The molecule has 3 rings (SSSR count). The topological polar surface area (TPSA) is 75.1 Å². The van der Waals surface area contributed by atoms with E-state index in [4.69, 9.17) is 5.11 Å². The minimum absolute atomic E-state index is 0.166. The molecule has 3 aromatic rings. The van der Waals surface area contributed by atoms with Crippen molar-refractivity contribution in [3.05, 3.63) is 70.1 Å². The fourth-order valence-corrected chi connectivity index (χ4v) is 2.40. The molecule has 2 N–H and O–H groups in total. The number of aromatic carboxylic acids is 1. The SMILES string of the molecule is O=C(O)c1ccc2c(c1)[nH]c(=O)n2CCc1ccccc1. The zero-order valence-electron chi connectivity index (χ0n) is 11.2. The first kappa shape index (κ1) is 13.2. The molecule has 5 nitrogen and oxygen atoms in total. The van der Waals surface area contributed by atoms with Crippen LogP contribution in [0.15, 0.2) is 53.3 Å². The van der Waals surface area contributed by atoms with Gasteiger partial charge >= 0.3 is 11.7 Å². The summed E-state index contributed by atoms with van der Waals surface area (Å²) in [6, 6.07) is 14.6. The number of nitrogens with one attached hydrogen (secondary N) is 1. The van der Waals surface area contributed by atoms with Gasteiger partial charge in [0, 0.05) is 6.54 Å². The van der Waals surface area contributed by atoms with Crippen molar-refractivity contribution >= 4 is 17.0 Å². The zero-order valence-corrected chi connectivity index (χ0v) is 11.2. The van der Waals surface area contributed by atoms with Crippen LogP contribution in [0.3, 0.4) is 0 Å². The number of hydrogen-bond donors (Lipinski definition) is 2. The molecule has 0 aliphatic heterocycles. The molecule has 0 fully saturated rings. The summed E-state index contributed by atoms with van der Waals surface area (Å²) in [6.07, 6.45) is 0.744. The molecule has 1 aromatic heterocycles. The quantitative estimate of drug-likeness (QED) is 0.770. The van der Waals surface area contributed by atoms with Crippen LogP contribution in [0.4, 0.5) is 0 Å². The second-order valence-corrected chi connectivity index (χ2v) is 4.85. The first-order valence-corrected chi connectivity index (χ1v) is 6.65. The van der Waals surface area contributed by atoms with Crippen LogP contribution in [0.25, 0.3) is 11.0 Å². The number of aromatic nitrogens is 2. The number of carboxylic acids is 1. The first-order valence-electron chi connectivity index (χ1n) is 6.65. The van der Waals surface area contributed by atoms with Crippen LogP contribution >= 0.6 is 0 Å². The van der Waals surface area contributed by atoms with Gasteiger partial charge in [0.25, 0.3) is 0 Å². The second-order valence-electron chi connectivity index (χ2n) is 4.85. The Morgan fingerprint density at radius 3 is 2.62 bits per heavy atom. The van der Waals surface area contributed by atoms with Gasteiger partial charge in [0.05, 0.1) is 16.6 Å². The number of rotatable bonds is 4. The van der Waals surface area contributed by atoms with Crippen LogP contribution in [0, 0.1) is 0 Å². The highest BCUT2D eigenvalue weighted by molar-refractivity contribution is 5.92. The number of carboxylic acid groups (broad SMARTS) is 1. The van der Waals surface area contributed by atoms with Gasteiger partial charge in [-0.1, -0.05) is 30.3 Å². The maximum absolute atomic E-state index is 12.0. The van der Waals surface area contributed by atoms with Gasteiger partial charge in [-0.15, -0.1) is 0 Å². The van der Waals surface area contributed by atoms with Gasteiger partial charge < -0.3 is 10.1 Å². The standard InChI is InChI=1S/C16H14N2O3/c19-15(20)12-6-7-14-13(10-12)17-16(21)18(14)9-8-11-4-2-1-3-5-11/h1-7,10H,8-9H2,(H,17,21)(H,19,20). The largest absolute Gasteiger partial charge is 0.478 e. The maximum Gasteiger partial charge on any atom is 0.335 e. The molecule has 0 atom stereocenters. The minimum Gasteiger partial charge on any atom is -0.478 e. The van der Waals surface area contributed by atoms with E-state index in [1.165, 1.54) is 12.1 Å². The van der Waals surface area contributed by atoms with E-state index in [1.807, 2.05) is 30.3 Å². The van der Waals surface area contributed by atoms with E-state index >= 15 is 0 Å². The van der Waals surface area contributed by atoms with Crippen molar-refractivity contribution in [3.63, 3.8) is 0 Å². The molecule has 1 heterocycles. The summed E-state index contributed by atoms with van der Waals surface area (Å²) in [7, 11) is 0. The molecule has 0 spiro atoms. The van der Waals surface area contributed by atoms with Gasteiger partial charge in [0.15, 0.2) is 0 Å². The third-order valence-corrected chi connectivity index (χ3v) is 3.49. The van der Waals surface area contributed by atoms with Crippen molar-refractivity contribution in [2.75, 3.05) is 0 Å². The Bertz CT molecular complexity index is 847. The predicted octanol–water partition coefficient (Wildman–Crippen LogP) is 2.27. The van der Waals surface area contributed by atoms with Crippen LogP contribution in [0.1, 0.15) is 15.9 Å². The lowest BCUT2D eigenvalue weighted by Crippen LogP contribution is -2.17. The van der Waals surface area contributed by atoms with Gasteiger partial charge in [-0.2, -0.15) is 0 Å². The zero-order chi connectivity index (χ0) is 14.8. The lowest BCUT2D eigenvalue weighted by Gasteiger charge is -2.04. The van der Waals surface area contributed by atoms with Crippen molar-refractivity contribution in [2.24, 2.45) is 0 Å². The smallest absolute Gasteiger partial charge is 0.335 e. The van der Waals surface area contributed by atoms with Gasteiger partial charge in [-0.05, 0) is 30.2 Å². The normalized spacial score (nSPS) is 10.9. The van der Waals surface area contributed by atoms with Crippen molar-refractivity contribution in [1.29, 1.82) is 0 Å². The number of hydrogen-bond acceptors (Lipinski definition) is 2. The summed E-state index contributed by atoms with van der Waals surface area (Å²) in [6.45, 7) is 0.551. The molecule has 2 aromatic carbocycles. The summed E-state index contributed by atoms with van der Waals surface area (Å²) >= 11 is 0. The molecule has 106 valence electrons. The molecule has 5 heteroatoms. The van der Waals surface area contributed by atoms with E-state index in [0.29, 0.717) is 12.1 Å². The molecule has 0 saturated heterocycles. The van der Waals surface area contributed by atoms with E-state index < -0.39 is 5.97 Å². The number of fused-ring (bicyclic) bond motifs is 1. The highest BCUT2D eigenvalue weighted by atomic mass is 16.4. The molecule has 0 unspecified atom stereocenters. The number of nitrogens with zero attached hydrogens (tertiary/aromatic N) is 1. The van der Waals surface area contributed by atoms with Crippen LogP contribution in [-0.2, 0) is 13.0 Å². The molecule has 0 bridgehead atoms. The lowest BCUT2D eigenvalue weighted by molar-refractivity contribution is 0.0697. The molecule has 0 aliphatic carbocycles. The molecular weight excluding hydrogens is 268 g/mol. The maximum atomic E-state index is 12.0. The van der Waals surface area contributed by atoms with E-state index in [9.17, 15) is 9.59 Å². The van der Waals surface area contributed by atoms with E-state index in [-0.39, 0.29) is 11.3 Å². The summed E-state index contributed by atoms with van der Waals surface area (Å²) < 4.78 is 1.63. The highest BCUT2D eigenvalue weighted by Gasteiger charge is 2.10. The molecule has 0 amide bonds. The molecule has 0 radical (unpaired) electrons. The highest BCUT2D eigenvalue weighted by Crippen LogP contribution is 2.13. The number of carbonyl (C=O) groups is 1. The summed E-state index contributed by atoms with van der Waals surface area (Å²) in [5.74, 6) is -1.00. The Labute approximate surface area is 120 Å². The Morgan fingerprint density at radius 1 is 1.14 bits per heavy atom. The van der Waals surface area contributed by atoms with Crippen LogP contribution in [0.2, 0.25) is 0 Å². The molecule has 21 heavy (non-hydrogen) atoms. The fraction of sp³-hybridized carbons (Fsp3) is 0.125. The monoisotopic (exact) mass is 282 g/mol. The number of benzene rings is 2. The average molecular weight is 282 g/mol. The summed E-state index contributed by atoms with van der Waals surface area (Å²) in [5.41, 5.74) is 2.37. The number of aromatic amines is 1. The number of aryl methyl sites for hydroxylation is 2. The van der Waals surface area contributed by atoms with Gasteiger partial charge in [-0.25, -0.2) is 9.59 Å². The Kier molecular flexibility index (Phi) is 3.31. The van der Waals surface area contributed by atoms with Crippen molar-refractivity contribution < 1.29 is 9.90 Å². The van der Waals surface area contributed by atoms with Crippen molar-refractivity contribution in [3.8, 4) is 0 Å². The van der Waals surface area contributed by atoms with Gasteiger partial charge in [-0.3, -0.25) is 4.57 Å². The van der Waals surface area contributed by atoms with E-state index in [2.05, 4.69) is 4.98 Å². The minimum atomic E-state index is -1.00. The average Bonchev–Trinajstić information content (AvgIpc) is 2.80. The fourth-order valence-electron chi connectivity index (χ4n) is 2.40. The van der Waals surface area contributed by atoms with Crippen molar-refractivity contribution in [2.45, 2.75) is 13.0 Å². The Balaban J connectivity index is 1.93. The van der Waals surface area contributed by atoms with Gasteiger partial charge in [0.2, 0.25) is 0 Å². The van der Waals surface area contributed by atoms with Crippen LogP contribution < -0.4 is 5.69 Å². The molecule has 0 aliphatic rings. The molecule has 0 saturated carbocycles. The predicted molar refractivity (Wildman–Crippen MR) is 79.7 cm³/mol. The van der Waals surface area contributed by atoms with Crippen molar-refractivity contribution in [1.82, 2.24) is 9.55 Å². The Hall–Kier alpha value is -2.82. The lowest BCUT2D eigenvalue weighted by atomic mass is 10.1. The number of H-pyrrole nitrogens is 1. The second kappa shape index (κ2) is 5.28. The number of imidazole rings is 1. The van der Waals surface area contributed by atoms with Crippen LogP contribution in [0.5, 0.6) is 0 Å². The van der Waals surface area contributed by atoms with E-state index in [0.717, 1.165) is 17.5 Å². The van der Waals surface area contributed by atoms with Gasteiger partial charge in [0.1, 0.15) is 0 Å². The third kappa shape index (κ3) is 2.58. The van der Waals surface area contributed by atoms with Crippen LogP contribution in [-0.4, -0.2) is 20.6 Å². The molecular formula is C16H14N2O3. The summed E-state index contributed by atoms with van der Waals surface area (Å²) in [4.78, 5) is 25.7. The first-order chi connectivity index (χ1) is 10.1. The Morgan fingerprint density at radius 2 is 1.90 bits per heavy atom. The summed E-state index contributed by atoms with van der Waals surface area (Å²) in [5, 5.41) is 8.97.